The lowest BCUT2D eigenvalue weighted by Gasteiger charge is -2.33. The van der Waals surface area contributed by atoms with Crippen LogP contribution in [-0.2, 0) is 0 Å². The number of benzene rings is 1. The van der Waals surface area contributed by atoms with E-state index in [2.05, 4.69) is 27.1 Å². The summed E-state index contributed by atoms with van der Waals surface area (Å²) in [6.45, 7) is 3.32. The minimum absolute atomic E-state index is 0.176. The zero-order valence-corrected chi connectivity index (χ0v) is 15.9. The van der Waals surface area contributed by atoms with E-state index in [1.807, 2.05) is 24.3 Å². The number of ether oxygens (including phenoxy) is 1. The number of piperidine rings is 1. The fourth-order valence-corrected chi connectivity index (χ4v) is 4.18. The Labute approximate surface area is 159 Å². The number of rotatable bonds is 5. The van der Waals surface area contributed by atoms with E-state index in [9.17, 15) is 4.79 Å². The maximum Gasteiger partial charge on any atom is 0.348 e. The monoisotopic (exact) mass is 368 g/mol. The molecule has 1 atom stereocenters. The minimum atomic E-state index is -0.176. The molecule has 6 heteroatoms. The van der Waals surface area contributed by atoms with Crippen LogP contribution < -0.4 is 10.4 Å². The number of nitrogens with one attached hydrogen (secondary N) is 1. The number of aromatic nitrogens is 3. The molecule has 0 amide bonds. The molecule has 4 rings (SSSR count). The predicted molar refractivity (Wildman–Crippen MR) is 106 cm³/mol. The van der Waals surface area contributed by atoms with Crippen molar-refractivity contribution in [2.75, 3.05) is 26.7 Å². The lowest BCUT2D eigenvalue weighted by atomic mass is 9.92. The molecular formula is C21H28N4O2. The highest BCUT2D eigenvalue weighted by atomic mass is 16.5. The topological polar surface area (TPSA) is 63.1 Å². The van der Waals surface area contributed by atoms with Crippen LogP contribution in [0, 0.1) is 5.92 Å². The number of methoxy groups -OCH3 is 1. The lowest BCUT2D eigenvalue weighted by Crippen LogP contribution is -2.36. The van der Waals surface area contributed by atoms with Crippen molar-refractivity contribution >= 4 is 0 Å². The van der Waals surface area contributed by atoms with Crippen LogP contribution in [0.2, 0.25) is 0 Å². The summed E-state index contributed by atoms with van der Waals surface area (Å²) in [6.07, 6.45) is 10.7. The first-order valence-corrected chi connectivity index (χ1v) is 9.95. The highest BCUT2D eigenvalue weighted by molar-refractivity contribution is 5.36. The van der Waals surface area contributed by atoms with Crippen molar-refractivity contribution in [2.45, 2.75) is 38.0 Å². The second-order valence-corrected chi connectivity index (χ2v) is 7.62. The van der Waals surface area contributed by atoms with Crippen LogP contribution in [0.25, 0.3) is 5.69 Å². The second-order valence-electron chi connectivity index (χ2n) is 7.62. The normalized spacial score (nSPS) is 21.4. The molecule has 1 saturated heterocycles. The Morgan fingerprint density at radius 1 is 1.19 bits per heavy atom. The zero-order chi connectivity index (χ0) is 18.6. The molecule has 0 spiro atoms. The SMILES string of the molecule is COc1ccc(-n2nc(C3CCN(CC4C=CCCC4)CC3)[nH]c2=O)cc1. The fraction of sp³-hybridized carbons (Fsp3) is 0.524. The van der Waals surface area contributed by atoms with Gasteiger partial charge in [0, 0.05) is 12.5 Å². The van der Waals surface area contributed by atoms with Gasteiger partial charge >= 0.3 is 5.69 Å². The van der Waals surface area contributed by atoms with Gasteiger partial charge in [0.2, 0.25) is 0 Å². The van der Waals surface area contributed by atoms with Crippen LogP contribution in [0.4, 0.5) is 0 Å². The van der Waals surface area contributed by atoms with E-state index in [4.69, 9.17) is 4.74 Å². The van der Waals surface area contributed by atoms with Crippen LogP contribution in [-0.4, -0.2) is 46.4 Å². The van der Waals surface area contributed by atoms with Gasteiger partial charge in [-0.05, 0) is 75.4 Å². The summed E-state index contributed by atoms with van der Waals surface area (Å²) in [5.74, 6) is 2.62. The quantitative estimate of drug-likeness (QED) is 0.824. The zero-order valence-electron chi connectivity index (χ0n) is 15.9. The van der Waals surface area contributed by atoms with Gasteiger partial charge < -0.3 is 9.64 Å². The van der Waals surface area contributed by atoms with Crippen molar-refractivity contribution in [3.63, 3.8) is 0 Å². The molecule has 2 aromatic rings. The third-order valence-corrected chi connectivity index (χ3v) is 5.77. The van der Waals surface area contributed by atoms with Crippen LogP contribution in [0.3, 0.4) is 0 Å². The maximum atomic E-state index is 12.4. The summed E-state index contributed by atoms with van der Waals surface area (Å²) in [7, 11) is 1.63. The van der Waals surface area contributed by atoms with Gasteiger partial charge in [0.1, 0.15) is 11.6 Å². The average molecular weight is 368 g/mol. The van der Waals surface area contributed by atoms with Crippen molar-refractivity contribution in [2.24, 2.45) is 5.92 Å². The molecule has 0 saturated carbocycles. The molecule has 2 heterocycles. The molecule has 1 aromatic heterocycles. The van der Waals surface area contributed by atoms with E-state index in [-0.39, 0.29) is 5.69 Å². The lowest BCUT2D eigenvalue weighted by molar-refractivity contribution is 0.187. The van der Waals surface area contributed by atoms with Gasteiger partial charge in [-0.2, -0.15) is 4.68 Å². The van der Waals surface area contributed by atoms with Gasteiger partial charge in [-0.3, -0.25) is 4.98 Å². The molecule has 0 bridgehead atoms. The first kappa shape index (κ1) is 18.0. The highest BCUT2D eigenvalue weighted by Gasteiger charge is 2.25. The fourth-order valence-electron chi connectivity index (χ4n) is 4.18. The van der Waals surface area contributed by atoms with Crippen molar-refractivity contribution in [1.82, 2.24) is 19.7 Å². The van der Waals surface area contributed by atoms with Crippen molar-refractivity contribution in [3.8, 4) is 11.4 Å². The summed E-state index contributed by atoms with van der Waals surface area (Å²) in [4.78, 5) is 17.9. The molecule has 1 unspecified atom stereocenters. The van der Waals surface area contributed by atoms with Gasteiger partial charge in [0.05, 0.1) is 12.8 Å². The van der Waals surface area contributed by atoms with E-state index in [0.29, 0.717) is 11.8 Å². The summed E-state index contributed by atoms with van der Waals surface area (Å²) >= 11 is 0. The maximum absolute atomic E-state index is 12.4. The Morgan fingerprint density at radius 2 is 1.96 bits per heavy atom. The molecule has 1 aromatic carbocycles. The number of allylic oxidation sites excluding steroid dienone is 1. The molecule has 1 fully saturated rings. The van der Waals surface area contributed by atoms with Crippen LogP contribution in [0.5, 0.6) is 5.75 Å². The van der Waals surface area contributed by atoms with E-state index in [1.165, 1.54) is 30.5 Å². The molecule has 1 N–H and O–H groups in total. The third kappa shape index (κ3) is 4.16. The molecule has 0 radical (unpaired) electrons. The number of hydrogen-bond acceptors (Lipinski definition) is 4. The molecule has 1 aliphatic carbocycles. The molecule has 144 valence electrons. The number of nitrogens with zero attached hydrogens (tertiary/aromatic N) is 3. The van der Waals surface area contributed by atoms with E-state index >= 15 is 0 Å². The molecule has 27 heavy (non-hydrogen) atoms. The third-order valence-electron chi connectivity index (χ3n) is 5.77. The smallest absolute Gasteiger partial charge is 0.348 e. The van der Waals surface area contributed by atoms with Gasteiger partial charge in [0.25, 0.3) is 0 Å². The van der Waals surface area contributed by atoms with Gasteiger partial charge in [0.15, 0.2) is 0 Å². The average Bonchev–Trinajstić information content (AvgIpc) is 3.11. The van der Waals surface area contributed by atoms with Crippen LogP contribution in [0.15, 0.2) is 41.2 Å². The van der Waals surface area contributed by atoms with Gasteiger partial charge in [-0.1, -0.05) is 12.2 Å². The van der Waals surface area contributed by atoms with Crippen LogP contribution >= 0.6 is 0 Å². The first-order valence-electron chi connectivity index (χ1n) is 9.95. The van der Waals surface area contributed by atoms with Crippen molar-refractivity contribution < 1.29 is 4.74 Å². The van der Waals surface area contributed by atoms with Gasteiger partial charge in [-0.25, -0.2) is 4.79 Å². The molecule has 6 nitrogen and oxygen atoms in total. The largest absolute Gasteiger partial charge is 0.497 e. The first-order chi connectivity index (χ1) is 13.2. The van der Waals surface area contributed by atoms with Crippen molar-refractivity contribution in [1.29, 1.82) is 0 Å². The number of H-pyrrole nitrogens is 1. The molecule has 2 aliphatic rings. The highest BCUT2D eigenvalue weighted by Crippen LogP contribution is 2.27. The Morgan fingerprint density at radius 3 is 2.63 bits per heavy atom. The summed E-state index contributed by atoms with van der Waals surface area (Å²) in [6, 6.07) is 7.39. The number of hydrogen-bond donors (Lipinski definition) is 1. The summed E-state index contributed by atoms with van der Waals surface area (Å²) < 4.78 is 6.63. The Hall–Kier alpha value is -2.34. The standard InChI is InChI=1S/C21H28N4O2/c1-27-19-9-7-18(8-10-19)25-21(26)22-20(23-25)17-11-13-24(14-12-17)15-16-5-3-2-4-6-16/h3,5,7-10,16-17H,2,4,6,11-15H2,1H3,(H,22,23,26). The Balaban J connectivity index is 1.39. The van der Waals surface area contributed by atoms with E-state index < -0.39 is 0 Å². The molecular weight excluding hydrogens is 340 g/mol. The molecule has 1 aliphatic heterocycles. The summed E-state index contributed by atoms with van der Waals surface area (Å²) in [5, 5.41) is 4.58. The Kier molecular flexibility index (Phi) is 5.43. The van der Waals surface area contributed by atoms with Gasteiger partial charge in [-0.15, -0.1) is 5.10 Å². The van der Waals surface area contributed by atoms with E-state index in [1.54, 1.807) is 7.11 Å². The summed E-state index contributed by atoms with van der Waals surface area (Å²) in [5.41, 5.74) is 0.578. The van der Waals surface area contributed by atoms with E-state index in [0.717, 1.165) is 43.2 Å². The Bertz CT molecular complexity index is 829. The number of likely N-dealkylation sites (tertiary alicyclic amines) is 1. The second kappa shape index (κ2) is 8.13. The minimum Gasteiger partial charge on any atom is -0.497 e. The van der Waals surface area contributed by atoms with Crippen LogP contribution in [0.1, 0.15) is 43.8 Å². The predicted octanol–water partition coefficient (Wildman–Crippen LogP) is 3.10. The van der Waals surface area contributed by atoms with Crippen molar-refractivity contribution in [3.05, 3.63) is 52.7 Å². The number of aromatic amines is 1.